The average molecular weight is 500 g/mol. The quantitative estimate of drug-likeness (QED) is 0.111. The van der Waals surface area contributed by atoms with E-state index in [4.69, 9.17) is 4.74 Å². The number of carbonyl (C=O) groups is 2. The second-order valence-electron chi connectivity index (χ2n) is 9.35. The van der Waals surface area contributed by atoms with Crippen molar-refractivity contribution < 1.29 is 36.3 Å². The first kappa shape index (κ1) is 30.6. The van der Waals surface area contributed by atoms with Crippen molar-refractivity contribution in [1.82, 2.24) is 4.90 Å². The Kier molecular flexibility index (Phi) is 14.7. The maximum Gasteiger partial charge on any atom is 0.463 e. The Hall–Kier alpha value is -1.41. The van der Waals surface area contributed by atoms with Crippen molar-refractivity contribution in [2.75, 3.05) is 13.2 Å². The Morgan fingerprint density at radius 1 is 0.765 bits per heavy atom. The molecule has 1 atom stereocenters. The summed E-state index contributed by atoms with van der Waals surface area (Å²) in [6.07, 6.45) is 12.0. The van der Waals surface area contributed by atoms with Crippen molar-refractivity contribution in [3.63, 3.8) is 0 Å². The molecule has 1 aliphatic rings. The summed E-state index contributed by atoms with van der Waals surface area (Å²) in [7, 11) is 0. The smallest absolute Gasteiger partial charge is 0.463 e. The van der Waals surface area contributed by atoms with Crippen LogP contribution in [0.1, 0.15) is 116 Å². The van der Waals surface area contributed by atoms with Gasteiger partial charge in [0.2, 0.25) is 0 Å². The van der Waals surface area contributed by atoms with Crippen LogP contribution in [0.5, 0.6) is 0 Å². The zero-order chi connectivity index (χ0) is 25.5. The molecule has 0 aromatic rings. The maximum atomic E-state index is 13.4. The van der Waals surface area contributed by atoms with Gasteiger partial charge >= 0.3 is 24.0 Å². The highest BCUT2D eigenvalue weighted by molar-refractivity contribution is 5.89. The monoisotopic (exact) mass is 499 g/mol. The van der Waals surface area contributed by atoms with Crippen LogP contribution in [0.3, 0.4) is 0 Å². The molecule has 0 radical (unpaired) electrons. The second-order valence-corrected chi connectivity index (χ2v) is 9.35. The summed E-state index contributed by atoms with van der Waals surface area (Å²) in [4.78, 5) is 24.2. The number of amides is 1. The molecule has 4 nitrogen and oxygen atoms in total. The molecule has 0 N–H and O–H groups in total. The van der Waals surface area contributed by atoms with E-state index in [1.807, 2.05) is 0 Å². The van der Waals surface area contributed by atoms with Gasteiger partial charge in [0, 0.05) is 6.54 Å². The maximum absolute atomic E-state index is 13.4. The summed E-state index contributed by atoms with van der Waals surface area (Å²) in [5.74, 6) is -8.80. The molecule has 1 saturated heterocycles. The molecule has 0 bridgehead atoms. The summed E-state index contributed by atoms with van der Waals surface area (Å²) in [5.41, 5.74) is 0. The number of rotatable bonds is 18. The third-order valence-electron chi connectivity index (χ3n) is 6.40. The minimum atomic E-state index is -5.99. The van der Waals surface area contributed by atoms with Crippen molar-refractivity contribution in [2.24, 2.45) is 0 Å². The Morgan fingerprint density at radius 2 is 1.21 bits per heavy atom. The van der Waals surface area contributed by atoms with Crippen LogP contribution in [-0.2, 0) is 14.3 Å². The van der Waals surface area contributed by atoms with E-state index in [1.165, 1.54) is 70.6 Å². The van der Waals surface area contributed by atoms with E-state index in [0.717, 1.165) is 19.3 Å². The van der Waals surface area contributed by atoms with Crippen LogP contribution in [-0.4, -0.2) is 48.1 Å². The predicted octanol–water partition coefficient (Wildman–Crippen LogP) is 7.59. The molecule has 0 aliphatic carbocycles. The number of ether oxygens (including phenoxy) is 1. The van der Waals surface area contributed by atoms with Gasteiger partial charge in [-0.05, 0) is 19.3 Å². The van der Waals surface area contributed by atoms with Gasteiger partial charge < -0.3 is 9.64 Å². The number of esters is 1. The molecule has 0 spiro atoms. The Bertz CT molecular complexity index is 583. The van der Waals surface area contributed by atoms with E-state index in [9.17, 15) is 31.5 Å². The summed E-state index contributed by atoms with van der Waals surface area (Å²) >= 11 is 0. The molecule has 9 heteroatoms. The van der Waals surface area contributed by atoms with Crippen LogP contribution >= 0.6 is 0 Å². The Balaban J connectivity index is 2.07. The molecule has 1 heterocycles. The lowest BCUT2D eigenvalue weighted by molar-refractivity contribution is -0.274. The Labute approximate surface area is 201 Å². The van der Waals surface area contributed by atoms with Gasteiger partial charge in [0.15, 0.2) is 0 Å². The number of alkyl halides is 5. The van der Waals surface area contributed by atoms with Crippen molar-refractivity contribution in [1.29, 1.82) is 0 Å². The number of hydrogen-bond acceptors (Lipinski definition) is 3. The van der Waals surface area contributed by atoms with Gasteiger partial charge in [-0.15, -0.1) is 0 Å². The number of halogens is 5. The summed E-state index contributed by atoms with van der Waals surface area (Å²) in [5, 5.41) is 0. The normalized spacial score (nSPS) is 16.8. The van der Waals surface area contributed by atoms with E-state index in [-0.39, 0.29) is 26.0 Å². The van der Waals surface area contributed by atoms with Crippen molar-refractivity contribution in [3.05, 3.63) is 0 Å². The van der Waals surface area contributed by atoms with Crippen LogP contribution in [0.4, 0.5) is 22.0 Å². The molecule has 200 valence electrons. The number of nitrogens with zero attached hydrogens (tertiary/aromatic N) is 1. The molecule has 0 aromatic carbocycles. The number of likely N-dealkylation sites (tertiary alicyclic amines) is 1. The van der Waals surface area contributed by atoms with Crippen molar-refractivity contribution >= 4 is 11.9 Å². The van der Waals surface area contributed by atoms with E-state index < -0.39 is 30.0 Å². The van der Waals surface area contributed by atoms with Gasteiger partial charge in [0.05, 0.1) is 6.61 Å². The highest BCUT2D eigenvalue weighted by Gasteiger charge is 2.65. The fourth-order valence-corrected chi connectivity index (χ4v) is 4.30. The van der Waals surface area contributed by atoms with E-state index in [0.29, 0.717) is 11.3 Å². The highest BCUT2D eigenvalue weighted by atomic mass is 19.4. The zero-order valence-corrected chi connectivity index (χ0v) is 20.6. The molecule has 1 amide bonds. The molecule has 1 aliphatic heterocycles. The average Bonchev–Trinajstić information content (AvgIpc) is 3.27. The van der Waals surface area contributed by atoms with Crippen LogP contribution in [0.15, 0.2) is 0 Å². The molecule has 0 saturated carbocycles. The standard InChI is InChI=1S/C25H42F5NO3/c1-2-3-4-5-6-7-8-9-10-11-12-13-14-15-16-20-34-22(32)21-18-17-19-31(21)23(33)24(26,27)25(28,29)30/h21H,2-20H2,1H3. The van der Waals surface area contributed by atoms with Gasteiger partial charge in [-0.25, -0.2) is 4.79 Å². The largest absolute Gasteiger partial charge is 0.464 e. The zero-order valence-electron chi connectivity index (χ0n) is 20.6. The molecular weight excluding hydrogens is 457 g/mol. The minimum absolute atomic E-state index is 0.0252. The topological polar surface area (TPSA) is 46.6 Å². The second kappa shape index (κ2) is 16.3. The SMILES string of the molecule is CCCCCCCCCCCCCCCCCOC(=O)C1CCCN1C(=O)C(F)(F)C(F)(F)F. The highest BCUT2D eigenvalue weighted by Crippen LogP contribution is 2.38. The van der Waals surface area contributed by atoms with E-state index >= 15 is 0 Å². The third-order valence-corrected chi connectivity index (χ3v) is 6.40. The van der Waals surface area contributed by atoms with E-state index in [1.54, 1.807) is 0 Å². The van der Waals surface area contributed by atoms with Crippen LogP contribution in [0, 0.1) is 0 Å². The molecule has 1 fully saturated rings. The first-order chi connectivity index (χ1) is 16.1. The third kappa shape index (κ3) is 10.9. The van der Waals surface area contributed by atoms with Crippen molar-refractivity contribution in [3.8, 4) is 0 Å². The first-order valence-corrected chi connectivity index (χ1v) is 13.0. The van der Waals surface area contributed by atoms with Crippen molar-refractivity contribution in [2.45, 2.75) is 134 Å². The van der Waals surface area contributed by atoms with Crippen LogP contribution in [0.2, 0.25) is 0 Å². The molecule has 1 unspecified atom stereocenters. The lowest BCUT2D eigenvalue weighted by Crippen LogP contribution is -2.55. The molecular formula is C25H42F5NO3. The summed E-state index contributed by atoms with van der Waals surface area (Å²) < 4.78 is 69.2. The van der Waals surface area contributed by atoms with Crippen LogP contribution < -0.4 is 0 Å². The number of carbonyl (C=O) groups excluding carboxylic acids is 2. The first-order valence-electron chi connectivity index (χ1n) is 13.0. The summed E-state index contributed by atoms with van der Waals surface area (Å²) in [6, 6.07) is -1.38. The molecule has 1 rings (SSSR count). The Morgan fingerprint density at radius 3 is 1.65 bits per heavy atom. The van der Waals surface area contributed by atoms with Crippen LogP contribution in [0.25, 0.3) is 0 Å². The minimum Gasteiger partial charge on any atom is -0.464 e. The number of unbranched alkanes of at least 4 members (excludes halogenated alkanes) is 14. The van der Waals surface area contributed by atoms with Gasteiger partial charge in [0.1, 0.15) is 6.04 Å². The predicted molar refractivity (Wildman–Crippen MR) is 122 cm³/mol. The lowest BCUT2D eigenvalue weighted by atomic mass is 10.0. The van der Waals surface area contributed by atoms with E-state index in [2.05, 4.69) is 6.92 Å². The number of hydrogen-bond donors (Lipinski definition) is 0. The fourth-order valence-electron chi connectivity index (χ4n) is 4.30. The molecule has 0 aromatic heterocycles. The van der Waals surface area contributed by atoms with Gasteiger partial charge in [0.25, 0.3) is 0 Å². The molecule has 34 heavy (non-hydrogen) atoms. The summed E-state index contributed by atoms with van der Waals surface area (Å²) in [6.45, 7) is 1.99. The van der Waals surface area contributed by atoms with Gasteiger partial charge in [-0.1, -0.05) is 96.8 Å². The van der Waals surface area contributed by atoms with Gasteiger partial charge in [-0.3, -0.25) is 4.79 Å². The lowest BCUT2D eigenvalue weighted by Gasteiger charge is -2.28. The fraction of sp³-hybridized carbons (Fsp3) is 0.920. The van der Waals surface area contributed by atoms with Gasteiger partial charge in [-0.2, -0.15) is 22.0 Å².